The van der Waals surface area contributed by atoms with Crippen molar-refractivity contribution in [3.8, 4) is 23.0 Å². The minimum atomic E-state index is -1.61. The van der Waals surface area contributed by atoms with Crippen molar-refractivity contribution in [3.63, 3.8) is 0 Å². The molecule has 15 nitrogen and oxygen atoms in total. The van der Waals surface area contributed by atoms with E-state index in [0.717, 1.165) is 56.1 Å². The van der Waals surface area contributed by atoms with Gasteiger partial charge in [0, 0.05) is 50.1 Å². The first-order valence-electron chi connectivity index (χ1n) is 28.4. The van der Waals surface area contributed by atoms with Gasteiger partial charge in [0.25, 0.3) is 0 Å². The summed E-state index contributed by atoms with van der Waals surface area (Å²) in [7, 11) is 3.05. The molecule has 1 saturated carbocycles. The van der Waals surface area contributed by atoms with Crippen LogP contribution in [0.15, 0.2) is 90.1 Å². The number of rotatable bonds is 31. The molecule has 4 aliphatic rings. The topological polar surface area (TPSA) is 176 Å². The van der Waals surface area contributed by atoms with Gasteiger partial charge in [0.2, 0.25) is 12.1 Å². The lowest BCUT2D eigenvalue weighted by Crippen LogP contribution is -2.70. The molecule has 422 valence electrons. The van der Waals surface area contributed by atoms with Crippen LogP contribution in [0.2, 0.25) is 0 Å². The maximum atomic E-state index is 15.1. The van der Waals surface area contributed by atoms with Crippen molar-refractivity contribution >= 4 is 23.6 Å². The van der Waals surface area contributed by atoms with Crippen molar-refractivity contribution in [2.24, 2.45) is 22.9 Å². The fourth-order valence-electron chi connectivity index (χ4n) is 11.7. The Hall–Kier alpha value is -5.68. The largest absolute Gasteiger partial charge is 0.497 e. The zero-order valence-electron chi connectivity index (χ0n) is 45.7. The zero-order chi connectivity index (χ0) is 54.4. The summed E-state index contributed by atoms with van der Waals surface area (Å²) in [5, 5.41) is 28.0. The van der Waals surface area contributed by atoms with Crippen LogP contribution in [0.4, 0.5) is 19.7 Å². The van der Waals surface area contributed by atoms with Gasteiger partial charge in [-0.3, -0.25) is 10.2 Å². The molecule has 3 aromatic rings. The Morgan fingerprint density at radius 3 is 2.29 bits per heavy atom. The molecule has 2 aliphatic heterocycles. The number of hydrogen-bond acceptors (Lipinski definition) is 13. The lowest BCUT2D eigenvalue weighted by molar-refractivity contribution is -0.256. The van der Waals surface area contributed by atoms with E-state index in [4.69, 9.17) is 43.2 Å². The highest BCUT2D eigenvalue weighted by Crippen LogP contribution is 2.62. The average molecular weight is 1070 g/mol. The summed E-state index contributed by atoms with van der Waals surface area (Å²) >= 11 is 0. The zero-order valence-corrected chi connectivity index (χ0v) is 45.7. The SMILES string of the molecule is C=CCO[C@@]12Oc3ccc(OC(=O)Nc4ccc(OC)cc4OC)cc3[C@H]3[C@H](CCCCO)[C@@H](CCCCO)C=C(C(=NOC4CCCCO4)C[C@@H]1N(Cc1ccc(F)cc1)C(=O)OCCCCCCCCCCCC)[C@H]32. The van der Waals surface area contributed by atoms with Crippen molar-refractivity contribution in [1.29, 1.82) is 0 Å². The van der Waals surface area contributed by atoms with Crippen molar-refractivity contribution in [3.05, 3.63) is 102 Å². The van der Waals surface area contributed by atoms with Gasteiger partial charge in [0.1, 0.15) is 34.9 Å². The molecule has 2 amide bonds. The van der Waals surface area contributed by atoms with E-state index in [9.17, 15) is 19.4 Å². The molecule has 7 atom stereocenters. The number of fused-ring (bicyclic) bond motifs is 2. The number of anilines is 1. The second-order valence-corrected chi connectivity index (χ2v) is 20.8. The molecule has 0 spiro atoms. The highest BCUT2D eigenvalue weighted by Gasteiger charge is 2.66. The summed E-state index contributed by atoms with van der Waals surface area (Å²) in [4.78, 5) is 36.9. The number of oxime groups is 1. The quantitative estimate of drug-likeness (QED) is 0.0316. The highest BCUT2D eigenvalue weighted by molar-refractivity contribution is 6.03. The van der Waals surface area contributed by atoms with E-state index in [1.165, 1.54) is 57.8 Å². The van der Waals surface area contributed by atoms with E-state index in [-0.39, 0.29) is 57.0 Å². The van der Waals surface area contributed by atoms with Crippen LogP contribution in [0.5, 0.6) is 23.0 Å². The van der Waals surface area contributed by atoms with Crippen molar-refractivity contribution in [2.75, 3.05) is 52.6 Å². The third-order valence-corrected chi connectivity index (χ3v) is 15.5. The third kappa shape index (κ3) is 15.8. The fraction of sp³-hybridized carbons (Fsp3) is 0.590. The highest BCUT2D eigenvalue weighted by atomic mass is 19.1. The number of unbranched alkanes of at least 4 members (excludes halogenated alkanes) is 11. The Morgan fingerprint density at radius 2 is 1.60 bits per heavy atom. The molecule has 2 fully saturated rings. The summed E-state index contributed by atoms with van der Waals surface area (Å²) in [5.41, 5.74) is 3.24. The molecule has 0 radical (unpaired) electrons. The van der Waals surface area contributed by atoms with Crippen LogP contribution in [-0.2, 0) is 25.6 Å². The van der Waals surface area contributed by atoms with Crippen LogP contribution in [0.3, 0.4) is 0 Å². The number of hydrogen-bond donors (Lipinski definition) is 3. The predicted octanol–water partition coefficient (Wildman–Crippen LogP) is 13.2. The van der Waals surface area contributed by atoms with Crippen LogP contribution in [-0.4, -0.2) is 98.4 Å². The molecule has 3 aromatic carbocycles. The number of aliphatic hydroxyl groups is 2. The first-order chi connectivity index (χ1) is 37.7. The molecule has 16 heteroatoms. The van der Waals surface area contributed by atoms with Crippen molar-refractivity contribution < 1.29 is 62.2 Å². The number of amides is 2. The van der Waals surface area contributed by atoms with Gasteiger partial charge in [0.15, 0.2) is 0 Å². The van der Waals surface area contributed by atoms with Gasteiger partial charge in [-0.2, -0.15) is 0 Å². The molecule has 2 heterocycles. The molecule has 1 saturated heterocycles. The van der Waals surface area contributed by atoms with E-state index in [1.54, 1.807) is 60.6 Å². The first kappa shape index (κ1) is 59.0. The Morgan fingerprint density at radius 1 is 0.870 bits per heavy atom. The van der Waals surface area contributed by atoms with Gasteiger partial charge in [0.05, 0.1) is 51.4 Å². The molecule has 1 unspecified atom stereocenters. The van der Waals surface area contributed by atoms with Gasteiger partial charge in [-0.1, -0.05) is 107 Å². The van der Waals surface area contributed by atoms with E-state index in [2.05, 4.69) is 24.9 Å². The van der Waals surface area contributed by atoms with Crippen molar-refractivity contribution in [1.82, 2.24) is 4.90 Å². The maximum Gasteiger partial charge on any atom is 0.417 e. The predicted molar refractivity (Wildman–Crippen MR) is 294 cm³/mol. The Kier molecular flexibility index (Phi) is 23.3. The van der Waals surface area contributed by atoms with Crippen LogP contribution in [0.25, 0.3) is 0 Å². The number of carbonyl (C=O) groups is 2. The second-order valence-electron chi connectivity index (χ2n) is 20.8. The maximum absolute atomic E-state index is 15.1. The Bertz CT molecular complexity index is 2390. The summed E-state index contributed by atoms with van der Waals surface area (Å²) in [5.74, 6) is -1.57. The standard InChI is InChI=1S/C61H84FN3O12/c1-5-7-8-9-10-11-12-13-14-20-37-73-60(69)65(42-43-25-27-45(62)28-26-43)55-41-52(64-77-56-24-17-21-36-72-56)49-38-44(22-15-18-33-66)48(23-16-19-34-67)57-50-39-47(30-32-53(50)76-61(55,58(49)57)74-35-6-2)75-59(68)63-51-31-29-46(70-3)40-54(51)71-4/h6,25-32,38-40,44,48,55-58,66-67H,2,5,7-24,33-37,41-42H2,1,3-4H3,(H,63,68)/t44-,48+,55-,56?,57+,58+,61+/m0/s1. The van der Waals surface area contributed by atoms with E-state index in [1.807, 2.05) is 6.07 Å². The molecule has 77 heavy (non-hydrogen) atoms. The average Bonchev–Trinajstić information content (AvgIpc) is 3.52. The van der Waals surface area contributed by atoms with Crippen molar-refractivity contribution in [2.45, 2.75) is 166 Å². The van der Waals surface area contributed by atoms with Gasteiger partial charge in [-0.25, -0.2) is 14.0 Å². The van der Waals surface area contributed by atoms with Gasteiger partial charge in [-0.15, -0.1) is 6.58 Å². The van der Waals surface area contributed by atoms with Gasteiger partial charge < -0.3 is 48.2 Å². The number of nitrogens with one attached hydrogen (secondary N) is 1. The van der Waals surface area contributed by atoms with Crippen LogP contribution >= 0.6 is 0 Å². The Balaban J connectivity index is 1.33. The number of ether oxygens (including phenoxy) is 7. The molecule has 3 N–H and O–H groups in total. The Labute approximate surface area is 455 Å². The molecule has 0 aromatic heterocycles. The molecular formula is C61H84FN3O12. The van der Waals surface area contributed by atoms with E-state index >= 15 is 4.79 Å². The minimum absolute atomic E-state index is 0.0221. The number of methoxy groups -OCH3 is 2. The number of carbonyl (C=O) groups excluding carboxylic acids is 2. The lowest BCUT2D eigenvalue weighted by atomic mass is 9.55. The molecule has 2 aliphatic carbocycles. The third-order valence-electron chi connectivity index (χ3n) is 15.5. The summed E-state index contributed by atoms with van der Waals surface area (Å²) in [6.45, 7) is 7.19. The summed E-state index contributed by atoms with van der Waals surface area (Å²) in [6.07, 6.45) is 20.0. The number of allylic oxidation sites excluding steroid dienone is 1. The number of aliphatic hydroxyl groups excluding tert-OH is 2. The van der Waals surface area contributed by atoms with E-state index in [0.29, 0.717) is 79.3 Å². The second kappa shape index (κ2) is 30.5. The van der Waals surface area contributed by atoms with Crippen LogP contribution in [0.1, 0.15) is 152 Å². The van der Waals surface area contributed by atoms with Crippen LogP contribution < -0.4 is 24.3 Å². The molecular weight excluding hydrogens is 986 g/mol. The normalized spacial score (nSPS) is 22.9. The monoisotopic (exact) mass is 1070 g/mol. The lowest BCUT2D eigenvalue weighted by Gasteiger charge is -2.59. The van der Waals surface area contributed by atoms with Gasteiger partial charge in [-0.05, 0) is 110 Å². The van der Waals surface area contributed by atoms with Crippen LogP contribution in [0, 0.1) is 23.6 Å². The smallest absolute Gasteiger partial charge is 0.417 e. The summed E-state index contributed by atoms with van der Waals surface area (Å²) < 4.78 is 58.4. The van der Waals surface area contributed by atoms with E-state index < -0.39 is 48.0 Å². The number of benzene rings is 3. The minimum Gasteiger partial charge on any atom is -0.497 e. The fourth-order valence-corrected chi connectivity index (χ4v) is 11.7. The number of nitrogens with zero attached hydrogens (tertiary/aromatic N) is 2. The first-order valence-corrected chi connectivity index (χ1v) is 28.4. The molecule has 7 rings (SSSR count). The van der Waals surface area contributed by atoms with Gasteiger partial charge >= 0.3 is 12.2 Å². The molecule has 0 bridgehead atoms. The summed E-state index contributed by atoms with van der Waals surface area (Å²) in [6, 6.07) is 15.5. The number of halogens is 1.